The molecule has 3 heterocycles. The van der Waals surface area contributed by atoms with Crippen LogP contribution in [-0.2, 0) is 23.8 Å². The number of esters is 1. The lowest BCUT2D eigenvalue weighted by atomic mass is 9.63. The molecule has 0 unspecified atom stereocenters. The summed E-state index contributed by atoms with van der Waals surface area (Å²) in [7, 11) is 0. The Morgan fingerprint density at radius 3 is 2.56 bits per heavy atom. The molecule has 1 amide bonds. The lowest BCUT2D eigenvalue weighted by Crippen LogP contribution is -2.56. The normalized spacial score (nSPS) is 43.9. The molecule has 8 atom stereocenters. The third-order valence-electron chi connectivity index (χ3n) is 8.07. The summed E-state index contributed by atoms with van der Waals surface area (Å²) in [4.78, 5) is 27.2. The number of ether oxygens (including phenoxy) is 3. The third kappa shape index (κ3) is 4.47. The quantitative estimate of drug-likeness (QED) is 0.468. The molecule has 0 bridgehead atoms. The smallest absolute Gasteiger partial charge is 0.309 e. The Labute approximate surface area is 203 Å². The van der Waals surface area contributed by atoms with Crippen LogP contribution in [0.4, 0.5) is 0 Å². The van der Waals surface area contributed by atoms with Crippen LogP contribution >= 0.6 is 0 Å². The first-order valence-corrected chi connectivity index (χ1v) is 12.8. The second-order valence-corrected chi connectivity index (χ2v) is 11.7. The third-order valence-corrected chi connectivity index (χ3v) is 8.07. The van der Waals surface area contributed by atoms with E-state index in [0.717, 1.165) is 12.0 Å². The Morgan fingerprint density at radius 1 is 1.18 bits per heavy atom. The number of hydrogen-bond acceptors (Lipinski definition) is 6. The highest BCUT2D eigenvalue weighted by molar-refractivity contribution is 5.92. The van der Waals surface area contributed by atoms with Crippen LogP contribution in [0.2, 0.25) is 0 Å². The average Bonchev–Trinajstić information content (AvgIpc) is 3.16. The van der Waals surface area contributed by atoms with Crippen molar-refractivity contribution in [3.8, 4) is 0 Å². The van der Waals surface area contributed by atoms with Gasteiger partial charge in [0.25, 0.3) is 5.91 Å². The second kappa shape index (κ2) is 9.07. The van der Waals surface area contributed by atoms with Gasteiger partial charge in [0, 0.05) is 17.9 Å². The van der Waals surface area contributed by atoms with Gasteiger partial charge >= 0.3 is 5.97 Å². The number of rotatable bonds is 2. The summed E-state index contributed by atoms with van der Waals surface area (Å²) in [5, 5.41) is 14.1. The van der Waals surface area contributed by atoms with Crippen molar-refractivity contribution in [1.29, 1.82) is 0 Å². The van der Waals surface area contributed by atoms with Gasteiger partial charge in [-0.25, -0.2) is 0 Å². The first kappa shape index (κ1) is 25.4. The predicted octanol–water partition coefficient (Wildman–Crippen LogP) is 3.65. The fourth-order valence-corrected chi connectivity index (χ4v) is 6.50. The zero-order valence-electron chi connectivity index (χ0n) is 21.6. The van der Waals surface area contributed by atoms with Crippen LogP contribution in [-0.4, -0.2) is 52.7 Å². The SMILES string of the molecule is CC1=C[C@@H]2/C=C(\C)CC[C@H](O)[C@H]3OC(C)(C)O[C@@H]3CC(=O)O[C@]23C(=O)N[C@@H](CC(C)C)[C@@H]3[C@H]1C. The van der Waals surface area contributed by atoms with Crippen molar-refractivity contribution in [2.24, 2.45) is 23.7 Å². The van der Waals surface area contributed by atoms with Gasteiger partial charge in [0.15, 0.2) is 5.79 Å². The number of allylic oxidation sites excluding steroid dienone is 2. The van der Waals surface area contributed by atoms with E-state index in [9.17, 15) is 14.7 Å². The van der Waals surface area contributed by atoms with Gasteiger partial charge in [-0.1, -0.05) is 44.1 Å². The first-order valence-electron chi connectivity index (χ1n) is 12.8. The molecular formula is C27H41NO6. The number of hydrogen-bond donors (Lipinski definition) is 2. The van der Waals surface area contributed by atoms with Crippen molar-refractivity contribution in [1.82, 2.24) is 5.32 Å². The molecule has 4 rings (SSSR count). The van der Waals surface area contributed by atoms with Crippen LogP contribution in [0, 0.1) is 23.7 Å². The van der Waals surface area contributed by atoms with E-state index in [1.54, 1.807) is 13.8 Å². The molecule has 0 aromatic rings. The first-order chi connectivity index (χ1) is 15.8. The Kier molecular flexibility index (Phi) is 6.77. The van der Waals surface area contributed by atoms with E-state index in [1.165, 1.54) is 5.57 Å². The van der Waals surface area contributed by atoms with Crippen molar-refractivity contribution in [3.63, 3.8) is 0 Å². The summed E-state index contributed by atoms with van der Waals surface area (Å²) in [5.41, 5.74) is 0.962. The van der Waals surface area contributed by atoms with Gasteiger partial charge in [0.1, 0.15) is 12.2 Å². The van der Waals surface area contributed by atoms with E-state index in [-0.39, 0.29) is 36.1 Å². The Bertz CT molecular complexity index is 892. The largest absolute Gasteiger partial charge is 0.447 e. The Morgan fingerprint density at radius 2 is 1.88 bits per heavy atom. The minimum absolute atomic E-state index is 0.0670. The molecule has 0 radical (unpaired) electrons. The molecule has 4 aliphatic rings. The van der Waals surface area contributed by atoms with Gasteiger partial charge in [-0.3, -0.25) is 9.59 Å². The molecule has 1 aliphatic carbocycles. The molecule has 3 aliphatic heterocycles. The maximum absolute atomic E-state index is 13.7. The van der Waals surface area contributed by atoms with E-state index in [2.05, 4.69) is 45.2 Å². The Balaban J connectivity index is 1.78. The summed E-state index contributed by atoms with van der Waals surface area (Å²) < 4.78 is 18.3. The fourth-order valence-electron chi connectivity index (χ4n) is 6.50. The van der Waals surface area contributed by atoms with E-state index < -0.39 is 35.7 Å². The average molecular weight is 476 g/mol. The van der Waals surface area contributed by atoms with Crippen LogP contribution in [0.25, 0.3) is 0 Å². The Hall–Kier alpha value is -1.70. The van der Waals surface area contributed by atoms with Crippen molar-refractivity contribution >= 4 is 11.9 Å². The molecule has 0 saturated carbocycles. The van der Waals surface area contributed by atoms with Crippen LogP contribution in [0.5, 0.6) is 0 Å². The van der Waals surface area contributed by atoms with E-state index in [0.29, 0.717) is 18.8 Å². The van der Waals surface area contributed by atoms with Crippen molar-refractivity contribution < 1.29 is 28.9 Å². The van der Waals surface area contributed by atoms with Crippen LogP contribution in [0.1, 0.15) is 74.1 Å². The topological polar surface area (TPSA) is 94.1 Å². The number of carbonyl (C=O) groups is 2. The molecule has 1 spiro atoms. The summed E-state index contributed by atoms with van der Waals surface area (Å²) in [6, 6.07) is -0.0670. The number of amides is 1. The molecule has 190 valence electrons. The van der Waals surface area contributed by atoms with Gasteiger partial charge in [-0.15, -0.1) is 0 Å². The molecule has 2 saturated heterocycles. The second-order valence-electron chi connectivity index (χ2n) is 11.7. The summed E-state index contributed by atoms with van der Waals surface area (Å²) in [6.45, 7) is 14.1. The van der Waals surface area contributed by atoms with Gasteiger partial charge < -0.3 is 24.6 Å². The molecule has 0 aromatic heterocycles. The van der Waals surface area contributed by atoms with Crippen molar-refractivity contribution in [2.75, 3.05) is 0 Å². The van der Waals surface area contributed by atoms with Crippen LogP contribution < -0.4 is 5.32 Å². The molecule has 2 N–H and O–H groups in total. The van der Waals surface area contributed by atoms with Gasteiger partial charge in [-0.2, -0.15) is 0 Å². The molecule has 7 heteroatoms. The van der Waals surface area contributed by atoms with Gasteiger partial charge in [0.2, 0.25) is 5.60 Å². The zero-order chi connectivity index (χ0) is 25.0. The molecule has 2 fully saturated rings. The summed E-state index contributed by atoms with van der Waals surface area (Å²) in [5.74, 6) is -1.65. The highest BCUT2D eigenvalue weighted by atomic mass is 16.8. The minimum atomic E-state index is -1.29. The number of carbonyl (C=O) groups excluding carboxylic acids is 2. The van der Waals surface area contributed by atoms with E-state index >= 15 is 0 Å². The summed E-state index contributed by atoms with van der Waals surface area (Å²) >= 11 is 0. The highest BCUT2D eigenvalue weighted by Crippen LogP contribution is 2.51. The highest BCUT2D eigenvalue weighted by Gasteiger charge is 2.64. The predicted molar refractivity (Wildman–Crippen MR) is 128 cm³/mol. The monoisotopic (exact) mass is 475 g/mol. The van der Waals surface area contributed by atoms with Crippen molar-refractivity contribution in [2.45, 2.75) is 110 Å². The maximum atomic E-state index is 13.7. The number of nitrogens with one attached hydrogen (secondary N) is 1. The van der Waals surface area contributed by atoms with E-state index in [4.69, 9.17) is 14.2 Å². The minimum Gasteiger partial charge on any atom is -0.447 e. The molecular weight excluding hydrogens is 434 g/mol. The van der Waals surface area contributed by atoms with E-state index in [1.807, 2.05) is 6.92 Å². The number of aliphatic hydroxyl groups excluding tert-OH is 1. The fraction of sp³-hybridized carbons (Fsp3) is 0.778. The van der Waals surface area contributed by atoms with Crippen LogP contribution in [0.15, 0.2) is 23.3 Å². The lowest BCUT2D eigenvalue weighted by Gasteiger charge is -2.45. The lowest BCUT2D eigenvalue weighted by molar-refractivity contribution is -0.180. The van der Waals surface area contributed by atoms with Crippen molar-refractivity contribution in [3.05, 3.63) is 23.3 Å². The molecule has 7 nitrogen and oxygen atoms in total. The van der Waals surface area contributed by atoms with Gasteiger partial charge in [-0.05, 0) is 58.8 Å². The van der Waals surface area contributed by atoms with Crippen LogP contribution in [0.3, 0.4) is 0 Å². The number of fused-ring (bicyclic) bond motifs is 1. The molecule has 0 aromatic carbocycles. The molecule has 34 heavy (non-hydrogen) atoms. The maximum Gasteiger partial charge on any atom is 0.309 e. The number of aliphatic hydroxyl groups is 1. The summed E-state index contributed by atoms with van der Waals surface area (Å²) in [6.07, 6.45) is 4.02. The standard InChI is InChI=1S/C27H41NO6/c1-14(2)10-19-23-17(5)16(4)12-18-11-15(3)8-9-20(29)24-21(32-26(6,7)34-24)13-22(30)33-27(18,23)25(31)28-19/h11-12,14,17-21,23-24,29H,8-10,13H2,1-7H3,(H,28,31)/b15-11+/t17-,18-,19-,20-,21+,23-,24+,27+/m0/s1. The zero-order valence-corrected chi connectivity index (χ0v) is 21.6. The van der Waals surface area contributed by atoms with Gasteiger partial charge in [0.05, 0.1) is 12.5 Å².